The molecule has 0 radical (unpaired) electrons. The standard InChI is InChI=1S/C32H56N2/c1-3-5-7-9-10-11-12-13-14-15-16-17-22-26-32-33(27-23-18-8-6-4-2)28-29-34(32)30-31-24-20-19-21-25-31/h19-21,24-25,28-29,32H,3-18,22-23,26-27,30H2,1-2H3. The van der Waals surface area contributed by atoms with Gasteiger partial charge in [-0.2, -0.15) is 0 Å². The van der Waals surface area contributed by atoms with Crippen LogP contribution in [-0.2, 0) is 6.54 Å². The summed E-state index contributed by atoms with van der Waals surface area (Å²) in [7, 11) is 0. The Morgan fingerprint density at radius 2 is 1.00 bits per heavy atom. The van der Waals surface area contributed by atoms with E-state index in [2.05, 4.69) is 66.4 Å². The van der Waals surface area contributed by atoms with Gasteiger partial charge >= 0.3 is 0 Å². The molecule has 1 aliphatic heterocycles. The first-order chi connectivity index (χ1) is 16.8. The molecule has 1 aromatic rings. The molecule has 34 heavy (non-hydrogen) atoms. The number of unbranched alkanes of at least 4 members (excludes halogenated alkanes) is 16. The van der Waals surface area contributed by atoms with E-state index in [1.807, 2.05) is 0 Å². The fraction of sp³-hybridized carbons (Fsp3) is 0.750. The van der Waals surface area contributed by atoms with E-state index in [1.165, 1.54) is 134 Å². The van der Waals surface area contributed by atoms with Gasteiger partial charge in [0, 0.05) is 25.5 Å². The van der Waals surface area contributed by atoms with Crippen molar-refractivity contribution in [1.29, 1.82) is 0 Å². The molecule has 0 fully saturated rings. The summed E-state index contributed by atoms with van der Waals surface area (Å²) in [5, 5.41) is 0. The molecule has 1 atom stereocenters. The largest absolute Gasteiger partial charge is 0.356 e. The number of benzene rings is 1. The molecule has 1 unspecified atom stereocenters. The Kier molecular flexibility index (Phi) is 16.8. The summed E-state index contributed by atoms with van der Waals surface area (Å²) in [6.45, 7) is 6.86. The number of hydrogen-bond acceptors (Lipinski definition) is 2. The Bertz CT molecular complexity index is 596. The second-order valence-corrected chi connectivity index (χ2v) is 10.6. The first-order valence-corrected chi connectivity index (χ1v) is 15.1. The molecule has 0 saturated heterocycles. The van der Waals surface area contributed by atoms with Crippen molar-refractivity contribution in [3.63, 3.8) is 0 Å². The predicted octanol–water partition coefficient (Wildman–Crippen LogP) is 10.1. The van der Waals surface area contributed by atoms with Crippen molar-refractivity contribution in [2.45, 2.75) is 149 Å². The highest BCUT2D eigenvalue weighted by atomic mass is 15.4. The van der Waals surface area contributed by atoms with Gasteiger partial charge in [-0.1, -0.05) is 147 Å². The molecule has 0 aliphatic carbocycles. The normalized spacial score (nSPS) is 15.5. The third-order valence-electron chi connectivity index (χ3n) is 7.51. The lowest BCUT2D eigenvalue weighted by atomic mass is 10.0. The SMILES string of the molecule is CCCCCCCCCCCCCCCC1N(CCCCCCC)C=CN1Cc1ccccc1. The molecule has 0 N–H and O–H groups in total. The summed E-state index contributed by atoms with van der Waals surface area (Å²) in [5.74, 6) is 0. The van der Waals surface area contributed by atoms with Gasteiger partial charge in [0.05, 0.1) is 0 Å². The molecule has 1 aromatic carbocycles. The van der Waals surface area contributed by atoms with Crippen molar-refractivity contribution in [3.8, 4) is 0 Å². The Balaban J connectivity index is 1.61. The molecule has 1 aliphatic rings. The number of rotatable bonds is 22. The molecule has 2 heteroatoms. The minimum atomic E-state index is 0.555. The smallest absolute Gasteiger partial charge is 0.101 e. The lowest BCUT2D eigenvalue weighted by molar-refractivity contribution is 0.132. The summed E-state index contributed by atoms with van der Waals surface area (Å²) in [5.41, 5.74) is 1.42. The quantitative estimate of drug-likeness (QED) is 0.156. The number of hydrogen-bond donors (Lipinski definition) is 0. The highest BCUT2D eigenvalue weighted by molar-refractivity contribution is 5.15. The second kappa shape index (κ2) is 19.8. The van der Waals surface area contributed by atoms with Crippen LogP contribution >= 0.6 is 0 Å². The van der Waals surface area contributed by atoms with Crippen LogP contribution in [0.1, 0.15) is 141 Å². The van der Waals surface area contributed by atoms with Crippen LogP contribution in [0.2, 0.25) is 0 Å². The van der Waals surface area contributed by atoms with Gasteiger partial charge in [-0.3, -0.25) is 0 Å². The summed E-state index contributed by atoms with van der Waals surface area (Å²) in [4.78, 5) is 5.22. The Labute approximate surface area is 213 Å². The van der Waals surface area contributed by atoms with Gasteiger partial charge in [-0.05, 0) is 24.8 Å². The van der Waals surface area contributed by atoms with Crippen molar-refractivity contribution in [1.82, 2.24) is 9.80 Å². The van der Waals surface area contributed by atoms with Crippen LogP contribution < -0.4 is 0 Å². The van der Waals surface area contributed by atoms with Gasteiger partial charge in [0.1, 0.15) is 6.17 Å². The van der Waals surface area contributed by atoms with Crippen LogP contribution in [0, 0.1) is 0 Å². The average molecular weight is 469 g/mol. The van der Waals surface area contributed by atoms with E-state index >= 15 is 0 Å². The lowest BCUT2D eigenvalue weighted by Crippen LogP contribution is -2.38. The van der Waals surface area contributed by atoms with E-state index < -0.39 is 0 Å². The third-order valence-corrected chi connectivity index (χ3v) is 7.51. The molecule has 2 nitrogen and oxygen atoms in total. The molecular weight excluding hydrogens is 412 g/mol. The zero-order valence-electron chi connectivity index (χ0n) is 22.9. The van der Waals surface area contributed by atoms with Crippen LogP contribution in [0.25, 0.3) is 0 Å². The van der Waals surface area contributed by atoms with E-state index in [-0.39, 0.29) is 0 Å². The fourth-order valence-corrected chi connectivity index (χ4v) is 5.31. The summed E-state index contributed by atoms with van der Waals surface area (Å²) < 4.78 is 0. The van der Waals surface area contributed by atoms with E-state index in [4.69, 9.17) is 0 Å². The van der Waals surface area contributed by atoms with Crippen LogP contribution in [0.3, 0.4) is 0 Å². The summed E-state index contributed by atoms with van der Waals surface area (Å²) >= 11 is 0. The molecule has 2 rings (SSSR count). The average Bonchev–Trinajstić information content (AvgIpc) is 3.23. The van der Waals surface area contributed by atoms with Gasteiger partial charge in [0.25, 0.3) is 0 Å². The molecular formula is C32H56N2. The zero-order valence-corrected chi connectivity index (χ0v) is 22.9. The van der Waals surface area contributed by atoms with E-state index in [1.54, 1.807) is 0 Å². The minimum Gasteiger partial charge on any atom is -0.356 e. The van der Waals surface area contributed by atoms with Crippen LogP contribution in [0.5, 0.6) is 0 Å². The van der Waals surface area contributed by atoms with Crippen molar-refractivity contribution in [3.05, 3.63) is 48.3 Å². The van der Waals surface area contributed by atoms with Crippen molar-refractivity contribution < 1.29 is 0 Å². The Hall–Kier alpha value is -1.44. The predicted molar refractivity (Wildman–Crippen MR) is 151 cm³/mol. The topological polar surface area (TPSA) is 6.48 Å². The molecule has 0 aromatic heterocycles. The van der Waals surface area contributed by atoms with Crippen LogP contribution in [-0.4, -0.2) is 22.5 Å². The van der Waals surface area contributed by atoms with Crippen LogP contribution in [0.4, 0.5) is 0 Å². The first kappa shape index (κ1) is 28.8. The van der Waals surface area contributed by atoms with E-state index in [0.717, 1.165) is 6.54 Å². The van der Waals surface area contributed by atoms with Gasteiger partial charge in [-0.25, -0.2) is 0 Å². The molecule has 194 valence electrons. The maximum atomic E-state index is 2.63. The molecule has 0 amide bonds. The minimum absolute atomic E-state index is 0.555. The third kappa shape index (κ3) is 12.9. The van der Waals surface area contributed by atoms with E-state index in [0.29, 0.717) is 6.17 Å². The first-order valence-electron chi connectivity index (χ1n) is 15.1. The molecule has 0 spiro atoms. The zero-order chi connectivity index (χ0) is 24.1. The van der Waals surface area contributed by atoms with Gasteiger partial charge < -0.3 is 9.80 Å². The molecule has 0 bridgehead atoms. The maximum Gasteiger partial charge on any atom is 0.101 e. The van der Waals surface area contributed by atoms with Gasteiger partial charge in [0.2, 0.25) is 0 Å². The van der Waals surface area contributed by atoms with Crippen molar-refractivity contribution in [2.24, 2.45) is 0 Å². The molecule has 0 saturated carbocycles. The van der Waals surface area contributed by atoms with Gasteiger partial charge in [0.15, 0.2) is 0 Å². The summed E-state index contributed by atoms with van der Waals surface area (Å²) in [6.07, 6.45) is 32.0. The monoisotopic (exact) mass is 468 g/mol. The lowest BCUT2D eigenvalue weighted by Gasteiger charge is -2.33. The van der Waals surface area contributed by atoms with Crippen LogP contribution in [0.15, 0.2) is 42.7 Å². The maximum absolute atomic E-state index is 2.63. The fourth-order valence-electron chi connectivity index (χ4n) is 5.31. The Morgan fingerprint density at radius 3 is 1.56 bits per heavy atom. The van der Waals surface area contributed by atoms with Gasteiger partial charge in [-0.15, -0.1) is 0 Å². The highest BCUT2D eigenvalue weighted by Gasteiger charge is 2.25. The Morgan fingerprint density at radius 1 is 0.529 bits per heavy atom. The highest BCUT2D eigenvalue weighted by Crippen LogP contribution is 2.25. The molecule has 1 heterocycles. The van der Waals surface area contributed by atoms with Crippen molar-refractivity contribution >= 4 is 0 Å². The summed E-state index contributed by atoms with van der Waals surface area (Å²) in [6, 6.07) is 11.0. The van der Waals surface area contributed by atoms with E-state index in [9.17, 15) is 0 Å². The number of nitrogens with zero attached hydrogens (tertiary/aromatic N) is 2. The second-order valence-electron chi connectivity index (χ2n) is 10.6. The van der Waals surface area contributed by atoms with Crippen molar-refractivity contribution in [2.75, 3.05) is 6.54 Å².